The minimum atomic E-state index is -0.313. The summed E-state index contributed by atoms with van der Waals surface area (Å²) in [6, 6.07) is 13.3. The second-order valence-electron chi connectivity index (χ2n) is 4.66. The smallest absolute Gasteiger partial charge is 0.194 e. The van der Waals surface area contributed by atoms with E-state index < -0.39 is 0 Å². The van der Waals surface area contributed by atoms with Crippen LogP contribution in [0.25, 0.3) is 11.1 Å². The molecule has 3 rings (SSSR count). The molecule has 0 unspecified atom stereocenters. The van der Waals surface area contributed by atoms with Crippen LogP contribution >= 0.6 is 0 Å². The number of carbonyl (C=O) groups excluding carboxylic acids is 1. The van der Waals surface area contributed by atoms with Gasteiger partial charge < -0.3 is 0 Å². The molecule has 5 heteroatoms. The predicted octanol–water partition coefficient (Wildman–Crippen LogP) is 2.38. The maximum Gasteiger partial charge on any atom is 0.194 e. The average Bonchev–Trinajstić information content (AvgIpc) is 2.83. The Balaban J connectivity index is 2.39. The Morgan fingerprint density at radius 1 is 0.545 bits per heavy atom. The summed E-state index contributed by atoms with van der Waals surface area (Å²) < 4.78 is 0. The molecule has 0 fully saturated rings. The molecule has 0 aromatic heterocycles. The van der Waals surface area contributed by atoms with E-state index in [1.54, 1.807) is 0 Å². The zero-order chi connectivity index (χ0) is 15.9. The van der Waals surface area contributed by atoms with E-state index in [2.05, 4.69) is 0 Å². The van der Waals surface area contributed by atoms with Crippen LogP contribution in [0.15, 0.2) is 24.3 Å². The first-order valence-electron chi connectivity index (χ1n) is 6.16. The number of hydrogen-bond donors (Lipinski definition) is 0. The minimum Gasteiger partial charge on any atom is -0.289 e. The fourth-order valence-electron chi connectivity index (χ4n) is 2.54. The van der Waals surface area contributed by atoms with E-state index in [1.807, 2.05) is 24.3 Å². The van der Waals surface area contributed by atoms with Crippen molar-refractivity contribution in [3.8, 4) is 35.4 Å². The lowest BCUT2D eigenvalue weighted by molar-refractivity contribution is 0.104. The van der Waals surface area contributed by atoms with Gasteiger partial charge in [0.05, 0.1) is 22.3 Å². The predicted molar refractivity (Wildman–Crippen MR) is 74.2 cm³/mol. The zero-order valence-electron chi connectivity index (χ0n) is 11.0. The molecule has 98 valence electrons. The molecule has 0 radical (unpaired) electrons. The summed E-state index contributed by atoms with van der Waals surface area (Å²) in [4.78, 5) is 12.4. The van der Waals surface area contributed by atoms with Gasteiger partial charge in [-0.1, -0.05) is 0 Å². The van der Waals surface area contributed by atoms with Crippen molar-refractivity contribution < 1.29 is 4.79 Å². The first-order chi connectivity index (χ1) is 10.6. The van der Waals surface area contributed by atoms with Crippen molar-refractivity contribution in [3.05, 3.63) is 57.6 Å². The molecule has 0 amide bonds. The topological polar surface area (TPSA) is 112 Å². The van der Waals surface area contributed by atoms with Crippen LogP contribution in [0.2, 0.25) is 0 Å². The Kier molecular flexibility index (Phi) is 2.71. The number of rotatable bonds is 0. The number of fused-ring (bicyclic) bond motifs is 3. The Labute approximate surface area is 125 Å². The van der Waals surface area contributed by atoms with Crippen LogP contribution in [0.5, 0.6) is 0 Å². The van der Waals surface area contributed by atoms with Gasteiger partial charge in [0.2, 0.25) is 0 Å². The quantitative estimate of drug-likeness (QED) is 0.627. The SMILES string of the molecule is N#Cc1cc2c(cc1C#N)-c1cc(C#N)c(C#N)cc1C2=O. The van der Waals surface area contributed by atoms with Crippen LogP contribution in [-0.2, 0) is 0 Å². The minimum absolute atomic E-state index is 0.128. The summed E-state index contributed by atoms with van der Waals surface area (Å²) in [6.45, 7) is 0. The fourth-order valence-corrected chi connectivity index (χ4v) is 2.54. The Bertz CT molecular complexity index is 953. The van der Waals surface area contributed by atoms with Crippen molar-refractivity contribution in [3.63, 3.8) is 0 Å². The highest BCUT2D eigenvalue weighted by Gasteiger charge is 2.29. The molecule has 0 saturated carbocycles. The molecule has 1 aliphatic carbocycles. The van der Waals surface area contributed by atoms with Crippen molar-refractivity contribution >= 4 is 5.78 Å². The molecule has 1 aliphatic rings. The van der Waals surface area contributed by atoms with E-state index in [0.29, 0.717) is 22.3 Å². The second-order valence-corrected chi connectivity index (χ2v) is 4.66. The number of nitrogens with zero attached hydrogens (tertiary/aromatic N) is 4. The number of ketones is 1. The van der Waals surface area contributed by atoms with Crippen LogP contribution in [0, 0.1) is 45.3 Å². The summed E-state index contributed by atoms with van der Waals surface area (Å²) >= 11 is 0. The first kappa shape index (κ1) is 13.1. The largest absolute Gasteiger partial charge is 0.289 e. The third-order valence-electron chi connectivity index (χ3n) is 3.58. The second kappa shape index (κ2) is 4.57. The molecule has 0 N–H and O–H groups in total. The molecule has 0 heterocycles. The van der Waals surface area contributed by atoms with Gasteiger partial charge in [-0.3, -0.25) is 4.79 Å². The summed E-state index contributed by atoms with van der Waals surface area (Å²) in [5.74, 6) is -0.313. The van der Waals surface area contributed by atoms with Crippen LogP contribution in [0.1, 0.15) is 38.2 Å². The van der Waals surface area contributed by atoms with Crippen molar-refractivity contribution in [2.75, 3.05) is 0 Å². The first-order valence-corrected chi connectivity index (χ1v) is 6.16. The molecule has 0 saturated heterocycles. The van der Waals surface area contributed by atoms with Gasteiger partial charge in [-0.25, -0.2) is 0 Å². The lowest BCUT2D eigenvalue weighted by atomic mass is 9.97. The lowest BCUT2D eigenvalue weighted by Gasteiger charge is -2.03. The van der Waals surface area contributed by atoms with E-state index in [4.69, 9.17) is 21.0 Å². The van der Waals surface area contributed by atoms with Gasteiger partial charge >= 0.3 is 0 Å². The molecule has 0 spiro atoms. The number of nitriles is 4. The van der Waals surface area contributed by atoms with Crippen LogP contribution in [0.3, 0.4) is 0 Å². The molecule has 22 heavy (non-hydrogen) atoms. The van der Waals surface area contributed by atoms with Gasteiger partial charge in [-0.05, 0) is 35.4 Å². The van der Waals surface area contributed by atoms with E-state index >= 15 is 0 Å². The zero-order valence-corrected chi connectivity index (χ0v) is 11.0. The monoisotopic (exact) mass is 280 g/mol. The molecule has 0 atom stereocenters. The highest BCUT2D eigenvalue weighted by Crippen LogP contribution is 2.39. The summed E-state index contributed by atoms with van der Waals surface area (Å²) in [5.41, 5.74) is 2.24. The Morgan fingerprint density at radius 2 is 0.818 bits per heavy atom. The Hall–Kier alpha value is -3.93. The van der Waals surface area contributed by atoms with E-state index in [-0.39, 0.29) is 28.0 Å². The van der Waals surface area contributed by atoms with Crippen molar-refractivity contribution in [1.82, 2.24) is 0 Å². The van der Waals surface area contributed by atoms with Gasteiger partial charge in [-0.2, -0.15) is 21.0 Å². The third kappa shape index (κ3) is 1.58. The highest BCUT2D eigenvalue weighted by molar-refractivity contribution is 6.22. The molecule has 0 aliphatic heterocycles. The van der Waals surface area contributed by atoms with Crippen molar-refractivity contribution in [2.45, 2.75) is 0 Å². The standard InChI is InChI=1S/C17H4N4O/c18-5-9-1-13-14-2-10(6-19)12(8-21)4-16(14)17(22)15(13)3-11(9)7-20/h1-4H. The van der Waals surface area contributed by atoms with Crippen LogP contribution in [0.4, 0.5) is 0 Å². The summed E-state index contributed by atoms with van der Waals surface area (Å²) in [6.07, 6.45) is 0. The van der Waals surface area contributed by atoms with Gasteiger partial charge in [0.1, 0.15) is 24.3 Å². The lowest BCUT2D eigenvalue weighted by Crippen LogP contribution is -1.98. The van der Waals surface area contributed by atoms with Crippen LogP contribution in [-0.4, -0.2) is 5.78 Å². The number of benzene rings is 2. The summed E-state index contributed by atoms with van der Waals surface area (Å²) in [5, 5.41) is 36.3. The fraction of sp³-hybridized carbons (Fsp3) is 0. The van der Waals surface area contributed by atoms with Gasteiger partial charge in [0.25, 0.3) is 0 Å². The average molecular weight is 280 g/mol. The third-order valence-corrected chi connectivity index (χ3v) is 3.58. The van der Waals surface area contributed by atoms with E-state index in [9.17, 15) is 4.79 Å². The number of hydrogen-bond acceptors (Lipinski definition) is 5. The number of carbonyl (C=O) groups is 1. The normalized spacial score (nSPS) is 10.6. The van der Waals surface area contributed by atoms with Crippen molar-refractivity contribution in [2.24, 2.45) is 0 Å². The van der Waals surface area contributed by atoms with Crippen LogP contribution < -0.4 is 0 Å². The van der Waals surface area contributed by atoms with Gasteiger partial charge in [0, 0.05) is 11.1 Å². The molecule has 2 aromatic rings. The molecular formula is C17H4N4O. The van der Waals surface area contributed by atoms with E-state index in [1.165, 1.54) is 24.3 Å². The van der Waals surface area contributed by atoms with Gasteiger partial charge in [-0.15, -0.1) is 0 Å². The maximum atomic E-state index is 12.4. The Morgan fingerprint density at radius 3 is 1.09 bits per heavy atom. The summed E-state index contributed by atoms with van der Waals surface area (Å²) in [7, 11) is 0. The van der Waals surface area contributed by atoms with E-state index in [0.717, 1.165) is 0 Å². The molecule has 5 nitrogen and oxygen atoms in total. The molecule has 0 bridgehead atoms. The maximum absolute atomic E-state index is 12.4. The molecular weight excluding hydrogens is 276 g/mol. The molecule has 2 aromatic carbocycles. The highest BCUT2D eigenvalue weighted by atomic mass is 16.1. The van der Waals surface area contributed by atoms with Gasteiger partial charge in [0.15, 0.2) is 5.78 Å². The van der Waals surface area contributed by atoms with Crippen molar-refractivity contribution in [1.29, 1.82) is 21.0 Å².